The van der Waals surface area contributed by atoms with Gasteiger partial charge >= 0.3 is 0 Å². The topological polar surface area (TPSA) is 15.3 Å². The van der Waals surface area contributed by atoms with Crippen LogP contribution in [0.25, 0.3) is 0 Å². The fourth-order valence-electron chi connectivity index (χ4n) is 3.27. The van der Waals surface area contributed by atoms with Gasteiger partial charge in [-0.2, -0.15) is 0 Å². The van der Waals surface area contributed by atoms with Gasteiger partial charge in [0.2, 0.25) is 0 Å². The van der Waals surface area contributed by atoms with Gasteiger partial charge < -0.3 is 10.2 Å². The molecular formula is C17H27ClN2. The third kappa shape index (κ3) is 3.48. The highest BCUT2D eigenvalue weighted by Gasteiger charge is 2.29. The van der Waals surface area contributed by atoms with E-state index < -0.39 is 0 Å². The molecule has 0 bridgehead atoms. The molecule has 0 aliphatic carbocycles. The van der Waals surface area contributed by atoms with Gasteiger partial charge in [0, 0.05) is 29.8 Å². The van der Waals surface area contributed by atoms with Crippen molar-refractivity contribution < 1.29 is 0 Å². The minimum Gasteiger partial charge on any atom is -0.368 e. The number of hydrogen-bond acceptors (Lipinski definition) is 2. The van der Waals surface area contributed by atoms with E-state index in [1.165, 1.54) is 17.7 Å². The molecule has 1 aromatic carbocycles. The van der Waals surface area contributed by atoms with Crippen molar-refractivity contribution in [3.63, 3.8) is 0 Å². The minimum absolute atomic E-state index is 0.591. The first-order chi connectivity index (χ1) is 9.52. The van der Waals surface area contributed by atoms with E-state index in [-0.39, 0.29) is 0 Å². The normalized spacial score (nSPS) is 26.9. The first-order valence-corrected chi connectivity index (χ1v) is 8.16. The number of anilines is 1. The summed E-state index contributed by atoms with van der Waals surface area (Å²) in [6, 6.07) is 6.91. The number of benzene rings is 1. The fraction of sp³-hybridized carbons (Fsp3) is 0.647. The van der Waals surface area contributed by atoms with E-state index in [2.05, 4.69) is 50.0 Å². The van der Waals surface area contributed by atoms with E-state index in [1.807, 2.05) is 6.07 Å². The highest BCUT2D eigenvalue weighted by atomic mass is 35.5. The van der Waals surface area contributed by atoms with Gasteiger partial charge in [0.1, 0.15) is 0 Å². The van der Waals surface area contributed by atoms with Crippen molar-refractivity contribution in [3.05, 3.63) is 28.8 Å². The maximum atomic E-state index is 6.18. The molecule has 3 unspecified atom stereocenters. The molecule has 1 N–H and O–H groups in total. The second-order valence-corrected chi connectivity index (χ2v) is 6.70. The highest BCUT2D eigenvalue weighted by Crippen LogP contribution is 2.34. The first-order valence-electron chi connectivity index (χ1n) is 7.78. The number of piperidine rings is 1. The monoisotopic (exact) mass is 294 g/mol. The van der Waals surface area contributed by atoms with Crippen molar-refractivity contribution in [1.29, 1.82) is 0 Å². The van der Waals surface area contributed by atoms with Gasteiger partial charge in [-0.05, 0) is 55.5 Å². The van der Waals surface area contributed by atoms with E-state index in [1.54, 1.807) is 0 Å². The Morgan fingerprint density at radius 3 is 2.75 bits per heavy atom. The van der Waals surface area contributed by atoms with E-state index in [9.17, 15) is 0 Å². The lowest BCUT2D eigenvalue weighted by atomic mass is 9.85. The molecule has 1 saturated heterocycles. The quantitative estimate of drug-likeness (QED) is 0.889. The molecular weight excluding hydrogens is 268 g/mol. The number of halogens is 1. The lowest BCUT2D eigenvalue weighted by Crippen LogP contribution is -2.46. The predicted molar refractivity (Wildman–Crippen MR) is 88.6 cm³/mol. The third-order valence-corrected chi connectivity index (χ3v) is 4.75. The van der Waals surface area contributed by atoms with E-state index in [4.69, 9.17) is 11.6 Å². The Hall–Kier alpha value is -0.730. The molecule has 1 aliphatic rings. The first kappa shape index (κ1) is 15.7. The van der Waals surface area contributed by atoms with Crippen molar-refractivity contribution in [2.45, 2.75) is 46.7 Å². The van der Waals surface area contributed by atoms with Crippen LogP contribution in [0.2, 0.25) is 5.02 Å². The van der Waals surface area contributed by atoms with Crippen LogP contribution < -0.4 is 10.2 Å². The van der Waals surface area contributed by atoms with Crippen molar-refractivity contribution >= 4 is 17.3 Å². The molecule has 1 heterocycles. The summed E-state index contributed by atoms with van der Waals surface area (Å²) in [6.45, 7) is 12.2. The minimum atomic E-state index is 0.591. The van der Waals surface area contributed by atoms with Crippen molar-refractivity contribution in [2.75, 3.05) is 18.0 Å². The van der Waals surface area contributed by atoms with Crippen LogP contribution in [0.15, 0.2) is 18.2 Å². The zero-order valence-electron chi connectivity index (χ0n) is 13.1. The Morgan fingerprint density at radius 1 is 1.30 bits per heavy atom. The van der Waals surface area contributed by atoms with Gasteiger partial charge in [0.25, 0.3) is 0 Å². The average molecular weight is 295 g/mol. The second kappa shape index (κ2) is 6.82. The molecule has 1 aliphatic heterocycles. The average Bonchev–Trinajstić information content (AvgIpc) is 2.41. The van der Waals surface area contributed by atoms with Gasteiger partial charge in [-0.3, -0.25) is 0 Å². The van der Waals surface area contributed by atoms with Crippen LogP contribution in [0.5, 0.6) is 0 Å². The summed E-state index contributed by atoms with van der Waals surface area (Å²) in [5.74, 6) is 1.49. The van der Waals surface area contributed by atoms with Crippen LogP contribution >= 0.6 is 11.6 Å². The Morgan fingerprint density at radius 2 is 2.05 bits per heavy atom. The molecule has 2 rings (SSSR count). The molecule has 0 amide bonds. The van der Waals surface area contributed by atoms with Crippen LogP contribution in [0.4, 0.5) is 5.69 Å². The summed E-state index contributed by atoms with van der Waals surface area (Å²) < 4.78 is 0. The van der Waals surface area contributed by atoms with Crippen LogP contribution in [0.3, 0.4) is 0 Å². The standard InChI is InChI=1S/C17H27ClN2/c1-5-19-10-15-9-16(18)6-7-17(15)20-11-12(2)8-13(3)14(20)4/h6-7,9,12-14,19H,5,8,10-11H2,1-4H3. The van der Waals surface area contributed by atoms with E-state index in [0.717, 1.165) is 36.5 Å². The molecule has 2 nitrogen and oxygen atoms in total. The lowest BCUT2D eigenvalue weighted by molar-refractivity contribution is 0.296. The molecule has 0 spiro atoms. The zero-order chi connectivity index (χ0) is 14.7. The Kier molecular flexibility index (Phi) is 5.34. The second-order valence-electron chi connectivity index (χ2n) is 6.26. The van der Waals surface area contributed by atoms with Gasteiger partial charge in [-0.1, -0.05) is 32.4 Å². The highest BCUT2D eigenvalue weighted by molar-refractivity contribution is 6.30. The van der Waals surface area contributed by atoms with Gasteiger partial charge in [0.05, 0.1) is 0 Å². The molecule has 0 radical (unpaired) electrons. The van der Waals surface area contributed by atoms with Crippen LogP contribution in [0, 0.1) is 11.8 Å². The van der Waals surface area contributed by atoms with E-state index in [0.29, 0.717) is 6.04 Å². The molecule has 1 aromatic rings. The summed E-state index contributed by atoms with van der Waals surface area (Å²) in [4.78, 5) is 2.57. The summed E-state index contributed by atoms with van der Waals surface area (Å²) in [6.07, 6.45) is 1.33. The Labute approximate surface area is 128 Å². The Bertz CT molecular complexity index is 447. The van der Waals surface area contributed by atoms with Crippen LogP contribution in [0.1, 0.15) is 39.7 Å². The number of hydrogen-bond donors (Lipinski definition) is 1. The molecule has 3 heteroatoms. The molecule has 0 aromatic heterocycles. The van der Waals surface area contributed by atoms with Crippen LogP contribution in [-0.4, -0.2) is 19.1 Å². The predicted octanol–water partition coefficient (Wildman–Crippen LogP) is 4.32. The molecule has 112 valence electrons. The maximum Gasteiger partial charge on any atom is 0.0415 e. The molecule has 20 heavy (non-hydrogen) atoms. The lowest BCUT2D eigenvalue weighted by Gasteiger charge is -2.43. The smallest absolute Gasteiger partial charge is 0.0415 e. The fourth-order valence-corrected chi connectivity index (χ4v) is 3.46. The summed E-state index contributed by atoms with van der Waals surface area (Å²) in [7, 11) is 0. The van der Waals surface area contributed by atoms with Crippen molar-refractivity contribution in [3.8, 4) is 0 Å². The zero-order valence-corrected chi connectivity index (χ0v) is 13.9. The number of rotatable bonds is 4. The summed E-state index contributed by atoms with van der Waals surface area (Å²) in [5, 5.41) is 4.25. The van der Waals surface area contributed by atoms with Crippen molar-refractivity contribution in [2.24, 2.45) is 11.8 Å². The number of nitrogens with zero attached hydrogens (tertiary/aromatic N) is 1. The maximum absolute atomic E-state index is 6.18. The molecule has 1 fully saturated rings. The SMILES string of the molecule is CCNCc1cc(Cl)ccc1N1CC(C)CC(C)C1C. The van der Waals surface area contributed by atoms with Gasteiger partial charge in [-0.25, -0.2) is 0 Å². The van der Waals surface area contributed by atoms with E-state index >= 15 is 0 Å². The largest absolute Gasteiger partial charge is 0.368 e. The van der Waals surface area contributed by atoms with Gasteiger partial charge in [0.15, 0.2) is 0 Å². The molecule has 3 atom stereocenters. The number of nitrogens with one attached hydrogen (secondary N) is 1. The Balaban J connectivity index is 2.30. The van der Waals surface area contributed by atoms with Gasteiger partial charge in [-0.15, -0.1) is 0 Å². The van der Waals surface area contributed by atoms with Crippen molar-refractivity contribution in [1.82, 2.24) is 5.32 Å². The molecule has 0 saturated carbocycles. The third-order valence-electron chi connectivity index (χ3n) is 4.51. The van der Waals surface area contributed by atoms with Crippen LogP contribution in [-0.2, 0) is 6.54 Å². The summed E-state index contributed by atoms with van der Waals surface area (Å²) in [5.41, 5.74) is 2.66. The summed E-state index contributed by atoms with van der Waals surface area (Å²) >= 11 is 6.18.